The Hall–Kier alpha value is -1.73. The van der Waals surface area contributed by atoms with Crippen molar-refractivity contribution in [2.24, 2.45) is 0 Å². The van der Waals surface area contributed by atoms with Gasteiger partial charge in [0.25, 0.3) is 5.91 Å². The fourth-order valence-electron chi connectivity index (χ4n) is 1.30. The maximum absolute atomic E-state index is 12.0. The largest absolute Gasteiger partial charge is 0.395 e. The molecule has 17 heavy (non-hydrogen) atoms. The van der Waals surface area contributed by atoms with E-state index < -0.39 is 24.5 Å². The second-order valence-corrected chi connectivity index (χ2v) is 3.80. The predicted octanol–water partition coefficient (Wildman–Crippen LogP) is 1.37. The molecule has 0 aliphatic rings. The number of carbonyl (C=O) groups excluding carboxylic acids is 1. The number of alkyl halides is 3. The molecule has 0 saturated carbocycles. The topological polar surface area (TPSA) is 83.8 Å². The SMILES string of the molecule is Cc1[nH]nc(C(=O)NC(C)CC(F)(F)F)c1N. The summed E-state index contributed by atoms with van der Waals surface area (Å²) in [4.78, 5) is 11.5. The molecule has 1 atom stereocenters. The summed E-state index contributed by atoms with van der Waals surface area (Å²) in [7, 11) is 0. The summed E-state index contributed by atoms with van der Waals surface area (Å²) in [6, 6.07) is -1.03. The van der Waals surface area contributed by atoms with Crippen molar-refractivity contribution in [1.29, 1.82) is 0 Å². The number of hydrogen-bond donors (Lipinski definition) is 3. The molecule has 1 rings (SSSR count). The second-order valence-electron chi connectivity index (χ2n) is 3.80. The van der Waals surface area contributed by atoms with Gasteiger partial charge in [-0.1, -0.05) is 0 Å². The lowest BCUT2D eigenvalue weighted by atomic mass is 10.2. The van der Waals surface area contributed by atoms with Crippen LogP contribution in [0.25, 0.3) is 0 Å². The van der Waals surface area contributed by atoms with Gasteiger partial charge in [-0.2, -0.15) is 18.3 Å². The second kappa shape index (κ2) is 4.64. The number of aryl methyl sites for hydroxylation is 1. The van der Waals surface area contributed by atoms with Gasteiger partial charge in [-0.25, -0.2) is 0 Å². The minimum Gasteiger partial charge on any atom is -0.395 e. The van der Waals surface area contributed by atoms with Crippen LogP contribution in [0.3, 0.4) is 0 Å². The Labute approximate surface area is 95.6 Å². The van der Waals surface area contributed by atoms with E-state index in [9.17, 15) is 18.0 Å². The Kier molecular flexibility index (Phi) is 3.64. The molecule has 1 heterocycles. The highest BCUT2D eigenvalue weighted by Crippen LogP contribution is 2.21. The molecule has 8 heteroatoms. The fraction of sp³-hybridized carbons (Fsp3) is 0.556. The number of carbonyl (C=O) groups is 1. The first-order valence-electron chi connectivity index (χ1n) is 4.88. The summed E-state index contributed by atoms with van der Waals surface area (Å²) in [5, 5.41) is 8.29. The third-order valence-electron chi connectivity index (χ3n) is 2.12. The van der Waals surface area contributed by atoms with Crippen LogP contribution in [-0.2, 0) is 0 Å². The monoisotopic (exact) mass is 250 g/mol. The summed E-state index contributed by atoms with van der Waals surface area (Å²) in [5.41, 5.74) is 6.08. The Morgan fingerprint density at radius 3 is 2.59 bits per heavy atom. The number of halogens is 3. The van der Waals surface area contributed by atoms with Gasteiger partial charge < -0.3 is 11.1 Å². The number of amides is 1. The van der Waals surface area contributed by atoms with E-state index in [1.807, 2.05) is 0 Å². The molecule has 0 radical (unpaired) electrons. The lowest BCUT2D eigenvalue weighted by Gasteiger charge is -2.15. The minimum atomic E-state index is -4.32. The van der Waals surface area contributed by atoms with Crippen LogP contribution >= 0.6 is 0 Å². The zero-order chi connectivity index (χ0) is 13.2. The number of nitrogens with two attached hydrogens (primary N) is 1. The van der Waals surface area contributed by atoms with E-state index >= 15 is 0 Å². The van der Waals surface area contributed by atoms with Gasteiger partial charge in [0.15, 0.2) is 5.69 Å². The minimum absolute atomic E-state index is 0.0866. The average Bonchev–Trinajstić information content (AvgIpc) is 2.44. The number of hydrogen-bond acceptors (Lipinski definition) is 3. The summed E-state index contributed by atoms with van der Waals surface area (Å²) < 4.78 is 36.1. The van der Waals surface area contributed by atoms with E-state index in [0.29, 0.717) is 5.69 Å². The van der Waals surface area contributed by atoms with Gasteiger partial charge in [-0.05, 0) is 13.8 Å². The van der Waals surface area contributed by atoms with Crippen molar-refractivity contribution in [1.82, 2.24) is 15.5 Å². The van der Waals surface area contributed by atoms with E-state index in [1.165, 1.54) is 6.92 Å². The Balaban J connectivity index is 2.64. The number of nitrogen functional groups attached to an aromatic ring is 1. The van der Waals surface area contributed by atoms with E-state index in [-0.39, 0.29) is 11.4 Å². The Morgan fingerprint density at radius 1 is 1.59 bits per heavy atom. The normalized spacial score (nSPS) is 13.5. The van der Waals surface area contributed by atoms with Gasteiger partial charge in [0.2, 0.25) is 0 Å². The zero-order valence-electron chi connectivity index (χ0n) is 9.35. The molecule has 0 fully saturated rings. The van der Waals surface area contributed by atoms with Crippen LogP contribution in [-0.4, -0.2) is 28.3 Å². The Morgan fingerprint density at radius 2 is 2.18 bits per heavy atom. The van der Waals surface area contributed by atoms with Crippen molar-refractivity contribution in [3.05, 3.63) is 11.4 Å². The molecular weight excluding hydrogens is 237 g/mol. The number of rotatable bonds is 3. The number of anilines is 1. The fourth-order valence-corrected chi connectivity index (χ4v) is 1.30. The Bertz CT molecular complexity index is 413. The lowest BCUT2D eigenvalue weighted by molar-refractivity contribution is -0.138. The number of nitrogens with one attached hydrogen (secondary N) is 2. The highest BCUT2D eigenvalue weighted by molar-refractivity contribution is 5.97. The van der Waals surface area contributed by atoms with Gasteiger partial charge >= 0.3 is 6.18 Å². The quantitative estimate of drug-likeness (QED) is 0.757. The van der Waals surface area contributed by atoms with Crippen LogP contribution < -0.4 is 11.1 Å². The molecule has 0 saturated heterocycles. The molecule has 0 bridgehead atoms. The van der Waals surface area contributed by atoms with Crippen molar-refractivity contribution in [3.8, 4) is 0 Å². The molecule has 96 valence electrons. The molecule has 1 amide bonds. The lowest BCUT2D eigenvalue weighted by Crippen LogP contribution is -2.36. The molecule has 0 aliphatic carbocycles. The third kappa shape index (κ3) is 3.65. The first-order valence-corrected chi connectivity index (χ1v) is 4.88. The number of nitrogens with zero attached hydrogens (tertiary/aromatic N) is 1. The van der Waals surface area contributed by atoms with Gasteiger partial charge in [0.05, 0.1) is 17.8 Å². The van der Waals surface area contributed by atoms with Crippen molar-refractivity contribution in [2.45, 2.75) is 32.5 Å². The van der Waals surface area contributed by atoms with Crippen molar-refractivity contribution in [3.63, 3.8) is 0 Å². The van der Waals surface area contributed by atoms with Crippen molar-refractivity contribution in [2.75, 3.05) is 5.73 Å². The predicted molar refractivity (Wildman–Crippen MR) is 55.3 cm³/mol. The molecule has 0 spiro atoms. The molecule has 0 aromatic carbocycles. The van der Waals surface area contributed by atoms with Crippen LogP contribution in [0, 0.1) is 6.92 Å². The molecule has 1 unspecified atom stereocenters. The number of aromatic amines is 1. The van der Waals surface area contributed by atoms with Crippen LogP contribution in [0.15, 0.2) is 0 Å². The van der Waals surface area contributed by atoms with Crippen molar-refractivity contribution >= 4 is 11.6 Å². The van der Waals surface area contributed by atoms with Crippen LogP contribution in [0.5, 0.6) is 0 Å². The van der Waals surface area contributed by atoms with Crippen LogP contribution in [0.4, 0.5) is 18.9 Å². The molecule has 1 aromatic rings. The molecule has 4 N–H and O–H groups in total. The third-order valence-corrected chi connectivity index (χ3v) is 2.12. The smallest absolute Gasteiger partial charge is 0.391 e. The molecule has 5 nitrogen and oxygen atoms in total. The van der Waals surface area contributed by atoms with Gasteiger partial charge in [0, 0.05) is 6.04 Å². The maximum atomic E-state index is 12.0. The van der Waals surface area contributed by atoms with Crippen molar-refractivity contribution < 1.29 is 18.0 Å². The van der Waals surface area contributed by atoms with Gasteiger partial charge in [-0.3, -0.25) is 9.89 Å². The first-order chi connectivity index (χ1) is 7.70. The highest BCUT2D eigenvalue weighted by Gasteiger charge is 2.31. The van der Waals surface area contributed by atoms with Gasteiger partial charge in [-0.15, -0.1) is 0 Å². The zero-order valence-corrected chi connectivity index (χ0v) is 9.35. The van der Waals surface area contributed by atoms with Gasteiger partial charge in [0.1, 0.15) is 0 Å². The molecule has 1 aromatic heterocycles. The summed E-state index contributed by atoms with van der Waals surface area (Å²) in [6.07, 6.45) is -5.41. The highest BCUT2D eigenvalue weighted by atomic mass is 19.4. The number of H-pyrrole nitrogens is 1. The van der Waals surface area contributed by atoms with E-state index in [2.05, 4.69) is 15.5 Å². The summed E-state index contributed by atoms with van der Waals surface area (Å²) in [5.74, 6) is -0.719. The standard InChI is InChI=1S/C9H13F3N4O/c1-4(3-9(10,11)12)14-8(17)7-6(13)5(2)15-16-7/h4H,3,13H2,1-2H3,(H,14,17)(H,15,16). The average molecular weight is 250 g/mol. The summed E-state index contributed by atoms with van der Waals surface area (Å²) in [6.45, 7) is 2.87. The van der Waals surface area contributed by atoms with Crippen LogP contribution in [0.2, 0.25) is 0 Å². The van der Waals surface area contributed by atoms with E-state index in [0.717, 1.165) is 0 Å². The van der Waals surface area contributed by atoms with Crippen LogP contribution in [0.1, 0.15) is 29.5 Å². The first kappa shape index (κ1) is 13.3. The summed E-state index contributed by atoms with van der Waals surface area (Å²) >= 11 is 0. The van der Waals surface area contributed by atoms with E-state index in [4.69, 9.17) is 5.73 Å². The van der Waals surface area contributed by atoms with E-state index in [1.54, 1.807) is 6.92 Å². The molecule has 0 aliphatic heterocycles. The molecular formula is C9H13F3N4O. The number of aromatic nitrogens is 2. The maximum Gasteiger partial charge on any atom is 0.391 e.